The van der Waals surface area contributed by atoms with Gasteiger partial charge in [0.15, 0.2) is 0 Å². The van der Waals surface area contributed by atoms with E-state index in [4.69, 9.17) is 0 Å². The quantitative estimate of drug-likeness (QED) is 0.692. The molecule has 0 spiro atoms. The molecule has 0 unspecified atom stereocenters. The molecule has 1 heterocycles. The normalized spacial score (nSPS) is 16.2. The Balaban J connectivity index is 1.61. The minimum absolute atomic E-state index is 0.0336. The molecule has 5 nitrogen and oxygen atoms in total. The molecule has 0 aliphatic heterocycles. The Morgan fingerprint density at radius 1 is 1.14 bits per heavy atom. The lowest BCUT2D eigenvalue weighted by atomic mass is 9.83. The van der Waals surface area contributed by atoms with E-state index in [1.165, 1.54) is 43.2 Å². The number of benzene rings is 1. The van der Waals surface area contributed by atoms with E-state index in [0.29, 0.717) is 5.92 Å². The van der Waals surface area contributed by atoms with E-state index in [-0.39, 0.29) is 18.5 Å². The first-order valence-electron chi connectivity index (χ1n) is 11.0. The smallest absolute Gasteiger partial charge is 0.238 e. The number of carbonyl (C=O) groups is 1. The Kier molecular flexibility index (Phi) is 7.12. The van der Waals surface area contributed by atoms with E-state index in [2.05, 4.69) is 53.8 Å². The maximum Gasteiger partial charge on any atom is 0.238 e. The van der Waals surface area contributed by atoms with Crippen LogP contribution in [0.4, 0.5) is 5.69 Å². The summed E-state index contributed by atoms with van der Waals surface area (Å²) < 4.78 is 1.79. The third-order valence-corrected chi connectivity index (χ3v) is 6.29. The first-order valence-corrected chi connectivity index (χ1v) is 11.0. The van der Waals surface area contributed by atoms with Crippen LogP contribution >= 0.6 is 0 Å². The van der Waals surface area contributed by atoms with Gasteiger partial charge in [0.2, 0.25) is 5.91 Å². The second kappa shape index (κ2) is 9.57. The van der Waals surface area contributed by atoms with Crippen molar-refractivity contribution in [1.29, 1.82) is 0 Å². The van der Waals surface area contributed by atoms with E-state index in [1.54, 1.807) is 4.68 Å². The summed E-state index contributed by atoms with van der Waals surface area (Å²) in [5, 5.41) is 10.8. The van der Waals surface area contributed by atoms with Gasteiger partial charge in [-0.15, -0.1) is 0 Å². The molecule has 0 saturated heterocycles. The van der Waals surface area contributed by atoms with Gasteiger partial charge in [-0.05, 0) is 49.7 Å². The Morgan fingerprint density at radius 3 is 2.34 bits per heavy atom. The zero-order valence-electron chi connectivity index (χ0n) is 18.6. The van der Waals surface area contributed by atoms with Crippen LogP contribution in [-0.4, -0.2) is 22.2 Å². The van der Waals surface area contributed by atoms with Gasteiger partial charge in [0, 0.05) is 13.1 Å². The van der Waals surface area contributed by atoms with Crippen LogP contribution in [0.25, 0.3) is 0 Å². The van der Waals surface area contributed by atoms with Gasteiger partial charge >= 0.3 is 0 Å². The van der Waals surface area contributed by atoms with E-state index in [0.717, 1.165) is 23.0 Å². The lowest BCUT2D eigenvalue weighted by Gasteiger charge is -2.25. The third-order valence-electron chi connectivity index (χ3n) is 6.29. The minimum Gasteiger partial charge on any atom is -0.322 e. The van der Waals surface area contributed by atoms with E-state index < -0.39 is 0 Å². The molecule has 29 heavy (non-hydrogen) atoms. The van der Waals surface area contributed by atoms with Gasteiger partial charge < -0.3 is 10.6 Å². The van der Waals surface area contributed by atoms with Crippen molar-refractivity contribution in [1.82, 2.24) is 15.1 Å². The summed E-state index contributed by atoms with van der Waals surface area (Å²) in [4.78, 5) is 12.5. The molecular weight excluding hydrogens is 360 g/mol. The molecule has 5 heteroatoms. The molecule has 2 aromatic rings. The van der Waals surface area contributed by atoms with Gasteiger partial charge in [0.1, 0.15) is 0 Å². The van der Waals surface area contributed by atoms with Gasteiger partial charge in [0.25, 0.3) is 0 Å². The summed E-state index contributed by atoms with van der Waals surface area (Å²) >= 11 is 0. The molecule has 158 valence electrons. The zero-order valence-corrected chi connectivity index (χ0v) is 18.6. The maximum absolute atomic E-state index is 12.5. The van der Waals surface area contributed by atoms with Crippen molar-refractivity contribution >= 4 is 11.6 Å². The number of amides is 1. The Hall–Kier alpha value is -2.14. The van der Waals surface area contributed by atoms with Gasteiger partial charge in [-0.1, -0.05) is 57.4 Å². The molecule has 1 fully saturated rings. The number of rotatable bonds is 7. The van der Waals surface area contributed by atoms with Crippen molar-refractivity contribution < 1.29 is 4.79 Å². The van der Waals surface area contributed by atoms with E-state index >= 15 is 0 Å². The maximum atomic E-state index is 12.5. The average Bonchev–Trinajstić information content (AvgIpc) is 2.95. The summed E-state index contributed by atoms with van der Waals surface area (Å²) in [5.41, 5.74) is 5.35. The highest BCUT2D eigenvalue weighted by Gasteiger charge is 2.20. The average molecular weight is 397 g/mol. The van der Waals surface area contributed by atoms with Crippen molar-refractivity contribution in [2.24, 2.45) is 13.0 Å². The molecule has 3 rings (SSSR count). The molecule has 0 bridgehead atoms. The number of anilines is 1. The summed E-state index contributed by atoms with van der Waals surface area (Å²) in [6, 6.07) is 9.23. The summed E-state index contributed by atoms with van der Waals surface area (Å²) in [6.45, 7) is 8.55. The van der Waals surface area contributed by atoms with Crippen LogP contribution in [0.3, 0.4) is 0 Å². The van der Waals surface area contributed by atoms with Crippen LogP contribution < -0.4 is 10.6 Å². The lowest BCUT2D eigenvalue weighted by molar-refractivity contribution is -0.115. The Morgan fingerprint density at radius 2 is 1.79 bits per heavy atom. The van der Waals surface area contributed by atoms with Crippen LogP contribution in [0.2, 0.25) is 0 Å². The zero-order chi connectivity index (χ0) is 21.0. The molecular formula is C24H36N4O. The molecule has 2 N–H and O–H groups in total. The lowest BCUT2D eigenvalue weighted by Crippen LogP contribution is -2.33. The second-order valence-corrected chi connectivity index (χ2v) is 8.82. The highest BCUT2D eigenvalue weighted by atomic mass is 16.1. The standard InChI is InChI=1S/C24H36N4O/c1-16(2)23(21-13-11-20(12-14-21)19-9-7-6-8-10-19)25-15-22(29)26-24-17(3)27-28(5)18(24)4/h11-14,16,19,23,25H,6-10,15H2,1-5H3,(H,26,29)/t23-/m0/s1. The van der Waals surface area contributed by atoms with Gasteiger partial charge in [-0.25, -0.2) is 0 Å². The number of hydrogen-bond donors (Lipinski definition) is 2. The van der Waals surface area contributed by atoms with E-state index in [9.17, 15) is 4.79 Å². The molecule has 0 radical (unpaired) electrons. The van der Waals surface area contributed by atoms with E-state index in [1.807, 2.05) is 20.9 Å². The SMILES string of the molecule is Cc1nn(C)c(C)c1NC(=O)CN[C@H](c1ccc(C2CCCCC2)cc1)C(C)C. The van der Waals surface area contributed by atoms with Crippen molar-refractivity contribution in [2.45, 2.75) is 71.8 Å². The number of aryl methyl sites for hydroxylation is 2. The van der Waals surface area contributed by atoms with Crippen molar-refractivity contribution in [3.05, 3.63) is 46.8 Å². The predicted octanol–water partition coefficient (Wildman–Crippen LogP) is 5.01. The molecule has 1 aliphatic carbocycles. The molecule has 1 amide bonds. The van der Waals surface area contributed by atoms with Gasteiger partial charge in [0.05, 0.1) is 23.6 Å². The van der Waals surface area contributed by atoms with Crippen molar-refractivity contribution in [3.8, 4) is 0 Å². The fraction of sp³-hybridized carbons (Fsp3) is 0.583. The first-order chi connectivity index (χ1) is 13.9. The van der Waals surface area contributed by atoms with Gasteiger partial charge in [-0.2, -0.15) is 5.10 Å². The third kappa shape index (κ3) is 5.27. The Labute approximate surface area is 175 Å². The van der Waals surface area contributed by atoms with Gasteiger partial charge in [-0.3, -0.25) is 9.48 Å². The number of nitrogens with zero attached hydrogens (tertiary/aromatic N) is 2. The van der Waals surface area contributed by atoms with Crippen LogP contribution in [0.1, 0.15) is 80.4 Å². The Bertz CT molecular complexity index is 816. The minimum atomic E-state index is -0.0336. The summed E-state index contributed by atoms with van der Waals surface area (Å²) in [6.07, 6.45) is 6.73. The molecule has 1 aliphatic rings. The van der Waals surface area contributed by atoms with Crippen LogP contribution in [-0.2, 0) is 11.8 Å². The van der Waals surface area contributed by atoms with Crippen LogP contribution in [0.15, 0.2) is 24.3 Å². The molecule has 1 aromatic carbocycles. The van der Waals surface area contributed by atoms with Crippen molar-refractivity contribution in [2.75, 3.05) is 11.9 Å². The van der Waals surface area contributed by atoms with Crippen LogP contribution in [0, 0.1) is 19.8 Å². The fourth-order valence-electron chi connectivity index (χ4n) is 4.49. The largest absolute Gasteiger partial charge is 0.322 e. The summed E-state index contributed by atoms with van der Waals surface area (Å²) in [7, 11) is 1.89. The fourth-order valence-corrected chi connectivity index (χ4v) is 4.49. The number of nitrogens with one attached hydrogen (secondary N) is 2. The summed E-state index contributed by atoms with van der Waals surface area (Å²) in [5.74, 6) is 1.08. The first kappa shape index (κ1) is 21.6. The predicted molar refractivity (Wildman–Crippen MR) is 119 cm³/mol. The number of aromatic nitrogens is 2. The topological polar surface area (TPSA) is 59.0 Å². The number of carbonyl (C=O) groups excluding carboxylic acids is 1. The second-order valence-electron chi connectivity index (χ2n) is 8.82. The molecule has 1 atom stereocenters. The highest BCUT2D eigenvalue weighted by molar-refractivity contribution is 5.93. The number of hydrogen-bond acceptors (Lipinski definition) is 3. The monoisotopic (exact) mass is 396 g/mol. The highest BCUT2D eigenvalue weighted by Crippen LogP contribution is 2.33. The molecule has 1 aromatic heterocycles. The molecule has 1 saturated carbocycles. The van der Waals surface area contributed by atoms with Crippen LogP contribution in [0.5, 0.6) is 0 Å². The van der Waals surface area contributed by atoms with Crippen molar-refractivity contribution in [3.63, 3.8) is 0 Å².